The number of halogens is 1. The number of hydrogen-bond donors (Lipinski definition) is 0. The first-order valence-electron chi connectivity index (χ1n) is 8.56. The van der Waals surface area contributed by atoms with Crippen LogP contribution in [0.4, 0.5) is 4.39 Å². The fraction of sp³-hybridized carbons (Fsp3) is 0.400. The number of aromatic nitrogens is 1. The Balaban J connectivity index is 2.59. The first-order valence-corrected chi connectivity index (χ1v) is 8.56. The summed E-state index contributed by atoms with van der Waals surface area (Å²) in [6, 6.07) is 7.03. The third-order valence-corrected chi connectivity index (χ3v) is 4.37. The summed E-state index contributed by atoms with van der Waals surface area (Å²) in [6.07, 6.45) is 1.15. The molecule has 0 spiro atoms. The Bertz CT molecular complexity index is 778. The molecule has 140 valence electrons. The molecule has 0 saturated carbocycles. The van der Waals surface area contributed by atoms with E-state index >= 15 is 0 Å². The van der Waals surface area contributed by atoms with E-state index in [1.54, 1.807) is 24.3 Å². The van der Waals surface area contributed by atoms with Crippen LogP contribution in [0.15, 0.2) is 30.5 Å². The molecule has 2 aromatic rings. The van der Waals surface area contributed by atoms with Crippen LogP contribution in [0.2, 0.25) is 0 Å². The molecule has 26 heavy (non-hydrogen) atoms. The topological polar surface area (TPSA) is 51.7 Å². The molecule has 0 saturated heterocycles. The van der Waals surface area contributed by atoms with Crippen LogP contribution in [0.3, 0.4) is 0 Å². The Morgan fingerprint density at radius 3 is 2.54 bits per heavy atom. The van der Waals surface area contributed by atoms with Gasteiger partial charge in [0.05, 0.1) is 26.0 Å². The van der Waals surface area contributed by atoms with Gasteiger partial charge in [-0.1, -0.05) is 13.0 Å². The lowest BCUT2D eigenvalue weighted by Crippen LogP contribution is -2.30. The van der Waals surface area contributed by atoms with Crippen LogP contribution in [-0.2, 0) is 11.3 Å². The van der Waals surface area contributed by atoms with Gasteiger partial charge in [0, 0.05) is 24.2 Å². The van der Waals surface area contributed by atoms with Crippen LogP contribution in [0.5, 0.6) is 5.88 Å². The lowest BCUT2D eigenvalue weighted by molar-refractivity contribution is 0.0600. The van der Waals surface area contributed by atoms with Gasteiger partial charge in [0.1, 0.15) is 5.82 Å². The standard InChI is InChI=1S/C20H25FN2O3/c1-6-23(13(2)3)12-15-9-14(20(24)26-5)7-8-16(15)17-10-19(25-4)22-11-18(17)21/h7-11,13H,6,12H2,1-5H3. The summed E-state index contributed by atoms with van der Waals surface area (Å²) in [4.78, 5) is 18.1. The second-order valence-corrected chi connectivity index (χ2v) is 6.23. The van der Waals surface area contributed by atoms with Gasteiger partial charge in [-0.05, 0) is 43.7 Å². The molecule has 1 aromatic heterocycles. The van der Waals surface area contributed by atoms with Gasteiger partial charge < -0.3 is 9.47 Å². The summed E-state index contributed by atoms with van der Waals surface area (Å²) >= 11 is 0. The van der Waals surface area contributed by atoms with Gasteiger partial charge in [-0.3, -0.25) is 4.90 Å². The minimum atomic E-state index is -0.439. The van der Waals surface area contributed by atoms with E-state index in [9.17, 15) is 9.18 Å². The number of carbonyl (C=O) groups is 1. The normalized spacial score (nSPS) is 11.1. The zero-order valence-electron chi connectivity index (χ0n) is 15.9. The number of rotatable bonds is 7. The number of hydrogen-bond acceptors (Lipinski definition) is 5. The molecule has 0 bridgehead atoms. The second-order valence-electron chi connectivity index (χ2n) is 6.23. The molecule has 2 rings (SSSR count). The number of carbonyl (C=O) groups excluding carboxylic acids is 1. The molecule has 0 radical (unpaired) electrons. The fourth-order valence-electron chi connectivity index (χ4n) is 2.85. The van der Waals surface area contributed by atoms with Gasteiger partial charge in [-0.25, -0.2) is 14.2 Å². The van der Waals surface area contributed by atoms with Crippen molar-refractivity contribution in [1.29, 1.82) is 0 Å². The van der Waals surface area contributed by atoms with Gasteiger partial charge in [0.25, 0.3) is 0 Å². The van der Waals surface area contributed by atoms with Gasteiger partial charge in [-0.2, -0.15) is 0 Å². The number of ether oxygens (including phenoxy) is 2. The molecule has 0 aliphatic rings. The maximum Gasteiger partial charge on any atom is 0.337 e. The van der Waals surface area contributed by atoms with Crippen LogP contribution in [0.25, 0.3) is 11.1 Å². The van der Waals surface area contributed by atoms with E-state index in [1.807, 2.05) is 0 Å². The largest absolute Gasteiger partial charge is 0.481 e. The number of benzene rings is 1. The van der Waals surface area contributed by atoms with E-state index in [0.717, 1.165) is 18.3 Å². The predicted molar refractivity (Wildman–Crippen MR) is 98.7 cm³/mol. The summed E-state index contributed by atoms with van der Waals surface area (Å²) in [5.74, 6) is -0.524. The summed E-state index contributed by atoms with van der Waals surface area (Å²) in [6.45, 7) is 7.69. The summed E-state index contributed by atoms with van der Waals surface area (Å²) in [7, 11) is 2.83. The highest BCUT2D eigenvalue weighted by atomic mass is 19.1. The Morgan fingerprint density at radius 1 is 1.23 bits per heavy atom. The lowest BCUT2D eigenvalue weighted by atomic mass is 9.97. The minimum Gasteiger partial charge on any atom is -0.481 e. The number of pyridine rings is 1. The van der Waals surface area contributed by atoms with Gasteiger partial charge >= 0.3 is 5.97 Å². The van der Waals surface area contributed by atoms with Gasteiger partial charge in [0.15, 0.2) is 0 Å². The Labute approximate surface area is 153 Å². The van der Waals surface area contributed by atoms with Crippen LogP contribution >= 0.6 is 0 Å². The van der Waals surface area contributed by atoms with E-state index in [-0.39, 0.29) is 0 Å². The molecule has 0 N–H and O–H groups in total. The molecule has 0 amide bonds. The predicted octanol–water partition coefficient (Wildman–Crippen LogP) is 3.91. The molecule has 0 aliphatic heterocycles. The molecule has 5 nitrogen and oxygen atoms in total. The molecule has 1 aromatic carbocycles. The van der Waals surface area contributed by atoms with Crippen molar-refractivity contribution < 1.29 is 18.7 Å². The first kappa shape index (κ1) is 19.8. The molecule has 1 heterocycles. The Morgan fingerprint density at radius 2 is 1.96 bits per heavy atom. The van der Waals surface area contributed by atoms with Crippen molar-refractivity contribution in [3.63, 3.8) is 0 Å². The lowest BCUT2D eigenvalue weighted by Gasteiger charge is -2.26. The van der Waals surface area contributed by atoms with E-state index < -0.39 is 11.8 Å². The minimum absolute atomic E-state index is 0.312. The summed E-state index contributed by atoms with van der Waals surface area (Å²) in [5.41, 5.74) is 2.38. The number of nitrogens with zero attached hydrogens (tertiary/aromatic N) is 2. The van der Waals surface area contributed by atoms with E-state index in [2.05, 4.69) is 30.7 Å². The van der Waals surface area contributed by atoms with Crippen molar-refractivity contribution in [2.24, 2.45) is 0 Å². The Hall–Kier alpha value is -2.47. The van der Waals surface area contributed by atoms with E-state index in [1.165, 1.54) is 14.2 Å². The fourth-order valence-corrected chi connectivity index (χ4v) is 2.85. The average Bonchev–Trinajstić information content (AvgIpc) is 2.65. The van der Waals surface area contributed by atoms with Crippen LogP contribution in [0.1, 0.15) is 36.7 Å². The molecule has 0 fully saturated rings. The highest BCUT2D eigenvalue weighted by Crippen LogP contribution is 2.30. The maximum absolute atomic E-state index is 14.5. The SMILES string of the molecule is CCN(Cc1cc(C(=O)OC)ccc1-c1cc(OC)ncc1F)C(C)C. The highest BCUT2D eigenvalue weighted by molar-refractivity contribution is 5.90. The number of methoxy groups -OCH3 is 2. The molecule has 0 atom stereocenters. The van der Waals surface area contributed by atoms with Crippen molar-refractivity contribution in [2.45, 2.75) is 33.4 Å². The monoisotopic (exact) mass is 360 g/mol. The smallest absolute Gasteiger partial charge is 0.337 e. The maximum atomic E-state index is 14.5. The average molecular weight is 360 g/mol. The first-order chi connectivity index (χ1) is 12.4. The van der Waals surface area contributed by atoms with Gasteiger partial charge in [0.2, 0.25) is 5.88 Å². The Kier molecular flexibility index (Phi) is 6.69. The quantitative estimate of drug-likeness (QED) is 0.701. The van der Waals surface area contributed by atoms with Crippen LogP contribution < -0.4 is 4.74 Å². The molecule has 6 heteroatoms. The zero-order valence-corrected chi connectivity index (χ0v) is 15.9. The van der Waals surface area contributed by atoms with Gasteiger partial charge in [-0.15, -0.1) is 0 Å². The summed E-state index contributed by atoms with van der Waals surface area (Å²) in [5, 5.41) is 0. The third kappa shape index (κ3) is 4.38. The van der Waals surface area contributed by atoms with Crippen molar-refractivity contribution in [2.75, 3.05) is 20.8 Å². The van der Waals surface area contributed by atoms with Crippen molar-refractivity contribution >= 4 is 5.97 Å². The molecular formula is C20H25FN2O3. The second kappa shape index (κ2) is 8.76. The van der Waals surface area contributed by atoms with Crippen molar-refractivity contribution in [1.82, 2.24) is 9.88 Å². The molecular weight excluding hydrogens is 335 g/mol. The van der Waals surface area contributed by atoms with Crippen LogP contribution in [0, 0.1) is 5.82 Å². The summed E-state index contributed by atoms with van der Waals surface area (Å²) < 4.78 is 24.4. The van der Waals surface area contributed by atoms with Crippen molar-refractivity contribution in [3.8, 4) is 17.0 Å². The van der Waals surface area contributed by atoms with Crippen molar-refractivity contribution in [3.05, 3.63) is 47.4 Å². The third-order valence-electron chi connectivity index (χ3n) is 4.37. The molecule has 0 aliphatic carbocycles. The zero-order chi connectivity index (χ0) is 19.3. The molecule has 0 unspecified atom stereocenters. The number of esters is 1. The highest BCUT2D eigenvalue weighted by Gasteiger charge is 2.18. The van der Waals surface area contributed by atoms with E-state index in [0.29, 0.717) is 35.2 Å². The van der Waals surface area contributed by atoms with E-state index in [4.69, 9.17) is 9.47 Å². The van der Waals surface area contributed by atoms with Crippen LogP contribution in [-0.4, -0.2) is 42.7 Å².